The molecular weight excluding hydrogens is 262 g/mol. The van der Waals surface area contributed by atoms with Crippen LogP contribution in [-0.4, -0.2) is 31.0 Å². The van der Waals surface area contributed by atoms with Crippen molar-refractivity contribution >= 4 is 5.69 Å². The van der Waals surface area contributed by atoms with Gasteiger partial charge in [0.05, 0.1) is 19.3 Å². The summed E-state index contributed by atoms with van der Waals surface area (Å²) in [6.45, 7) is 5.99. The molecule has 1 aliphatic carbocycles. The Balaban J connectivity index is 1.62. The van der Waals surface area contributed by atoms with Crippen LogP contribution in [0.5, 0.6) is 0 Å². The lowest BCUT2D eigenvalue weighted by molar-refractivity contribution is 0.0175. The highest BCUT2D eigenvalue weighted by Crippen LogP contribution is 2.25. The zero-order chi connectivity index (χ0) is 15.1. The summed E-state index contributed by atoms with van der Waals surface area (Å²) in [5, 5.41) is 13.2. The van der Waals surface area contributed by atoms with Gasteiger partial charge in [-0.1, -0.05) is 36.8 Å². The van der Waals surface area contributed by atoms with E-state index >= 15 is 0 Å². The summed E-state index contributed by atoms with van der Waals surface area (Å²) in [5.41, 5.74) is 2.27. The van der Waals surface area contributed by atoms with Crippen LogP contribution in [0.3, 0.4) is 0 Å². The summed E-state index contributed by atoms with van der Waals surface area (Å²) < 4.78 is 5.69. The first-order valence-electron chi connectivity index (χ1n) is 7.86. The number of aliphatic hydroxyl groups is 1. The van der Waals surface area contributed by atoms with Gasteiger partial charge in [-0.05, 0) is 43.7 Å². The van der Waals surface area contributed by atoms with Gasteiger partial charge >= 0.3 is 0 Å². The van der Waals surface area contributed by atoms with Crippen LogP contribution in [-0.2, 0) is 4.74 Å². The molecule has 1 aromatic rings. The van der Waals surface area contributed by atoms with E-state index in [4.69, 9.17) is 4.74 Å². The second-order valence-electron chi connectivity index (χ2n) is 6.12. The van der Waals surface area contributed by atoms with Crippen molar-refractivity contribution < 1.29 is 9.84 Å². The fourth-order valence-corrected chi connectivity index (χ4v) is 2.56. The normalized spacial score (nSPS) is 23.0. The molecule has 0 saturated carbocycles. The van der Waals surface area contributed by atoms with Crippen molar-refractivity contribution in [2.75, 3.05) is 25.1 Å². The molecule has 3 unspecified atom stereocenters. The summed E-state index contributed by atoms with van der Waals surface area (Å²) in [5.74, 6) is 1.27. The van der Waals surface area contributed by atoms with E-state index in [1.54, 1.807) is 0 Å². The summed E-state index contributed by atoms with van der Waals surface area (Å²) in [7, 11) is 0. The van der Waals surface area contributed by atoms with E-state index < -0.39 is 6.10 Å². The molecule has 1 aromatic carbocycles. The van der Waals surface area contributed by atoms with E-state index in [9.17, 15) is 5.11 Å². The van der Waals surface area contributed by atoms with Gasteiger partial charge in [-0.25, -0.2) is 0 Å². The van der Waals surface area contributed by atoms with Gasteiger partial charge in [-0.15, -0.1) is 0 Å². The van der Waals surface area contributed by atoms with E-state index in [0.29, 0.717) is 25.0 Å². The molecule has 3 nitrogen and oxygen atoms in total. The van der Waals surface area contributed by atoms with Crippen LogP contribution >= 0.6 is 0 Å². The van der Waals surface area contributed by atoms with Gasteiger partial charge in [0.1, 0.15) is 0 Å². The van der Waals surface area contributed by atoms with Gasteiger partial charge in [0, 0.05) is 12.2 Å². The number of nitrogens with one attached hydrogen (secondary N) is 1. The molecule has 0 amide bonds. The van der Waals surface area contributed by atoms with E-state index in [0.717, 1.165) is 25.1 Å². The Morgan fingerprint density at radius 2 is 1.95 bits per heavy atom. The molecule has 0 radical (unpaired) electrons. The minimum atomic E-state index is -0.472. The van der Waals surface area contributed by atoms with Gasteiger partial charge < -0.3 is 15.2 Å². The molecule has 2 rings (SSSR count). The molecule has 0 aliphatic heterocycles. The molecular formula is C18H27NO2. The summed E-state index contributed by atoms with van der Waals surface area (Å²) >= 11 is 0. The van der Waals surface area contributed by atoms with Crippen LogP contribution in [0.2, 0.25) is 0 Å². The van der Waals surface area contributed by atoms with E-state index in [1.807, 2.05) is 12.1 Å². The monoisotopic (exact) mass is 289 g/mol. The topological polar surface area (TPSA) is 41.5 Å². The van der Waals surface area contributed by atoms with Crippen LogP contribution < -0.4 is 5.32 Å². The number of aryl methyl sites for hydroxylation is 1. The third-order valence-electron chi connectivity index (χ3n) is 4.15. The van der Waals surface area contributed by atoms with Crippen LogP contribution in [0.4, 0.5) is 5.69 Å². The molecule has 2 N–H and O–H groups in total. The maximum absolute atomic E-state index is 9.96. The largest absolute Gasteiger partial charge is 0.389 e. The van der Waals surface area contributed by atoms with E-state index in [2.05, 4.69) is 43.4 Å². The number of hydrogen-bond donors (Lipinski definition) is 2. The van der Waals surface area contributed by atoms with Crippen molar-refractivity contribution in [3.8, 4) is 0 Å². The van der Waals surface area contributed by atoms with Crippen molar-refractivity contribution in [3.05, 3.63) is 42.0 Å². The Hall–Kier alpha value is -1.32. The predicted molar refractivity (Wildman–Crippen MR) is 87.5 cm³/mol. The second-order valence-corrected chi connectivity index (χ2v) is 6.12. The molecule has 3 heteroatoms. The number of anilines is 1. The Bertz CT molecular complexity index is 441. The van der Waals surface area contributed by atoms with Gasteiger partial charge in [-0.3, -0.25) is 0 Å². The summed E-state index contributed by atoms with van der Waals surface area (Å²) in [6, 6.07) is 8.17. The Morgan fingerprint density at radius 3 is 2.67 bits per heavy atom. The molecule has 1 aliphatic rings. The average molecular weight is 289 g/mol. The van der Waals surface area contributed by atoms with Crippen molar-refractivity contribution in [2.24, 2.45) is 11.8 Å². The molecule has 116 valence electrons. The number of rotatable bonds is 7. The minimum absolute atomic E-state index is 0.395. The van der Waals surface area contributed by atoms with Crippen LogP contribution in [0, 0.1) is 18.8 Å². The number of ether oxygens (including phenoxy) is 1. The van der Waals surface area contributed by atoms with Crippen LogP contribution in [0.1, 0.15) is 25.3 Å². The maximum atomic E-state index is 9.96. The van der Waals surface area contributed by atoms with E-state index in [1.165, 1.54) is 5.56 Å². The highest BCUT2D eigenvalue weighted by molar-refractivity contribution is 5.44. The average Bonchev–Trinajstić information content (AvgIpc) is 2.49. The molecule has 21 heavy (non-hydrogen) atoms. The molecule has 3 atom stereocenters. The van der Waals surface area contributed by atoms with Crippen molar-refractivity contribution in [2.45, 2.75) is 32.8 Å². The zero-order valence-corrected chi connectivity index (χ0v) is 13.1. The molecule has 0 saturated heterocycles. The molecule has 0 bridgehead atoms. The Labute approximate surface area is 128 Å². The van der Waals surface area contributed by atoms with Gasteiger partial charge in [0.2, 0.25) is 0 Å². The zero-order valence-electron chi connectivity index (χ0n) is 13.1. The SMILES string of the molecule is Cc1ccc(NCC(O)COCC2CC=CCC2C)cc1. The predicted octanol–water partition coefficient (Wildman–Crippen LogP) is 3.39. The Kier molecular flexibility index (Phi) is 6.27. The van der Waals surface area contributed by atoms with Crippen molar-refractivity contribution in [3.63, 3.8) is 0 Å². The Morgan fingerprint density at radius 1 is 1.24 bits per heavy atom. The fraction of sp³-hybridized carbons (Fsp3) is 0.556. The standard InChI is InChI=1S/C18H27NO2/c1-14-7-9-17(10-8-14)19-11-18(20)13-21-12-16-6-4-3-5-15(16)2/h3-4,7-10,15-16,18-20H,5-6,11-13H2,1-2H3. The highest BCUT2D eigenvalue weighted by atomic mass is 16.5. The lowest BCUT2D eigenvalue weighted by atomic mass is 9.85. The summed E-state index contributed by atoms with van der Waals surface area (Å²) in [6.07, 6.45) is 6.26. The smallest absolute Gasteiger partial charge is 0.0945 e. The van der Waals surface area contributed by atoms with Crippen LogP contribution in [0.25, 0.3) is 0 Å². The number of aliphatic hydroxyl groups excluding tert-OH is 1. The molecule has 0 fully saturated rings. The van der Waals surface area contributed by atoms with Gasteiger partial charge in [0.25, 0.3) is 0 Å². The fourth-order valence-electron chi connectivity index (χ4n) is 2.56. The van der Waals surface area contributed by atoms with Gasteiger partial charge in [0.15, 0.2) is 0 Å². The third kappa shape index (κ3) is 5.52. The first kappa shape index (κ1) is 16.1. The summed E-state index contributed by atoms with van der Waals surface area (Å²) in [4.78, 5) is 0. The van der Waals surface area contributed by atoms with Crippen LogP contribution in [0.15, 0.2) is 36.4 Å². The molecule has 0 heterocycles. The first-order chi connectivity index (χ1) is 10.1. The molecule has 0 spiro atoms. The first-order valence-corrected chi connectivity index (χ1v) is 7.86. The quantitative estimate of drug-likeness (QED) is 0.756. The van der Waals surface area contributed by atoms with Gasteiger partial charge in [-0.2, -0.15) is 0 Å². The lowest BCUT2D eigenvalue weighted by Crippen LogP contribution is -2.27. The second kappa shape index (κ2) is 8.20. The van der Waals surface area contributed by atoms with Crippen molar-refractivity contribution in [1.82, 2.24) is 0 Å². The number of benzene rings is 1. The number of allylic oxidation sites excluding steroid dienone is 2. The molecule has 0 aromatic heterocycles. The van der Waals surface area contributed by atoms with E-state index in [-0.39, 0.29) is 0 Å². The highest BCUT2D eigenvalue weighted by Gasteiger charge is 2.18. The number of hydrogen-bond acceptors (Lipinski definition) is 3. The third-order valence-corrected chi connectivity index (χ3v) is 4.15. The minimum Gasteiger partial charge on any atom is -0.389 e. The van der Waals surface area contributed by atoms with Crippen molar-refractivity contribution in [1.29, 1.82) is 0 Å². The lowest BCUT2D eigenvalue weighted by Gasteiger charge is -2.25. The maximum Gasteiger partial charge on any atom is 0.0945 e.